The highest BCUT2D eigenvalue weighted by molar-refractivity contribution is 7.90. The van der Waals surface area contributed by atoms with Gasteiger partial charge >= 0.3 is 0 Å². The van der Waals surface area contributed by atoms with E-state index in [1.165, 1.54) is 11.1 Å². The van der Waals surface area contributed by atoms with Gasteiger partial charge in [-0.15, -0.1) is 0 Å². The molecule has 214 valence electrons. The lowest BCUT2D eigenvalue weighted by Gasteiger charge is -2.45. The fourth-order valence-corrected chi connectivity index (χ4v) is 8.64. The number of allylic oxidation sites excluding steroid dienone is 3. The van der Waals surface area contributed by atoms with E-state index in [4.69, 9.17) is 16.3 Å². The predicted molar refractivity (Wildman–Crippen MR) is 155 cm³/mol. The number of amides is 1. The summed E-state index contributed by atoms with van der Waals surface area (Å²) in [5.74, 6) is 0.231. The maximum Gasteiger partial charge on any atom is 0.264 e. The number of carbonyl (C=O) groups excluding carboxylic acids is 1. The van der Waals surface area contributed by atoms with Gasteiger partial charge < -0.3 is 14.7 Å². The Balaban J connectivity index is 1.41. The molecule has 6 rings (SSSR count). The number of halogens is 1. The molecule has 3 heterocycles. The topological polar surface area (TPSA) is 99.2 Å². The first-order valence-electron chi connectivity index (χ1n) is 14.3. The van der Waals surface area contributed by atoms with Crippen molar-refractivity contribution >= 4 is 27.5 Å². The van der Waals surface area contributed by atoms with E-state index >= 15 is 0 Å². The number of nitrogens with zero attached hydrogens (tertiary/aromatic N) is 1. The number of fused-ring (bicyclic) bond motifs is 7. The molecule has 1 aromatic rings. The summed E-state index contributed by atoms with van der Waals surface area (Å²) in [6, 6.07) is 6.17. The van der Waals surface area contributed by atoms with Gasteiger partial charge in [0.25, 0.3) is 5.91 Å². The van der Waals surface area contributed by atoms with Crippen LogP contribution < -0.4 is 4.72 Å². The lowest BCUT2D eigenvalue weighted by molar-refractivity contribution is -0.115. The van der Waals surface area contributed by atoms with Crippen LogP contribution in [0, 0.1) is 17.8 Å². The zero-order chi connectivity index (χ0) is 28.1. The minimum atomic E-state index is -3.84. The standard InChI is InChI=1S/C31H37ClN2O5S/c1-20-4-2-6-27(35)25-10-7-23(25)17-34-15-13-21(30(36)33-40(37,38)18-20)8-12-28-29(39-28)31(19-34)14-3-5-22-16-24(32)9-11-26(22)31/h2,6,8-9,11-13,15-16,20,23,25,27,29,35H,3-5,7,10,14,17-19H2,1H3,(H,33,36)/b6-2-,15-13-,21-8+,28-12+/t20-,23-,25+,27-,29?,31+/m0/s1. The van der Waals surface area contributed by atoms with Crippen LogP contribution in [0.25, 0.3) is 0 Å². The molecule has 9 heteroatoms. The molecular formula is C31H37ClN2O5S. The Hall–Kier alpha value is -2.55. The van der Waals surface area contributed by atoms with Crippen molar-refractivity contribution in [3.05, 3.63) is 82.3 Å². The normalized spacial score (nSPS) is 39.4. The van der Waals surface area contributed by atoms with Gasteiger partial charge in [-0.2, -0.15) is 0 Å². The third-order valence-electron chi connectivity index (χ3n) is 9.28. The molecule has 1 amide bonds. The molecule has 1 saturated heterocycles. The van der Waals surface area contributed by atoms with Crippen LogP contribution in [0.3, 0.4) is 0 Å². The lowest BCUT2D eigenvalue weighted by atomic mass is 9.66. The van der Waals surface area contributed by atoms with Crippen molar-refractivity contribution < 1.29 is 23.1 Å². The number of aliphatic hydroxyl groups is 1. The van der Waals surface area contributed by atoms with E-state index in [2.05, 4.69) is 21.8 Å². The van der Waals surface area contributed by atoms with Gasteiger partial charge in [0.1, 0.15) is 5.76 Å². The third-order valence-corrected chi connectivity index (χ3v) is 11.0. The average molecular weight is 585 g/mol. The second kappa shape index (κ2) is 10.7. The Bertz CT molecular complexity index is 1420. The summed E-state index contributed by atoms with van der Waals surface area (Å²) < 4.78 is 34.1. The van der Waals surface area contributed by atoms with Gasteiger partial charge in [0.15, 0.2) is 6.10 Å². The largest absolute Gasteiger partial charge is 0.482 e. The number of epoxide rings is 1. The number of hydrogen-bond acceptors (Lipinski definition) is 6. The van der Waals surface area contributed by atoms with Crippen molar-refractivity contribution in [1.29, 1.82) is 0 Å². The number of benzene rings is 1. The van der Waals surface area contributed by atoms with Crippen LogP contribution in [0.1, 0.15) is 50.2 Å². The molecule has 1 unspecified atom stereocenters. The van der Waals surface area contributed by atoms with Gasteiger partial charge in [0.05, 0.1) is 17.3 Å². The smallest absolute Gasteiger partial charge is 0.264 e. The number of hydrogen-bond donors (Lipinski definition) is 2. The summed E-state index contributed by atoms with van der Waals surface area (Å²) in [5.41, 5.74) is 2.49. The van der Waals surface area contributed by atoms with E-state index in [9.17, 15) is 18.3 Å². The Morgan fingerprint density at radius 2 is 2.08 bits per heavy atom. The molecule has 2 N–H and O–H groups in total. The Kier molecular flexibility index (Phi) is 7.38. The van der Waals surface area contributed by atoms with Crippen LogP contribution in [0.5, 0.6) is 0 Å². The van der Waals surface area contributed by atoms with E-state index in [1.54, 1.807) is 12.2 Å². The van der Waals surface area contributed by atoms with Gasteiger partial charge in [-0.25, -0.2) is 13.1 Å². The Morgan fingerprint density at radius 1 is 1.23 bits per heavy atom. The van der Waals surface area contributed by atoms with Crippen molar-refractivity contribution in [2.75, 3.05) is 18.8 Å². The van der Waals surface area contributed by atoms with Crippen molar-refractivity contribution in [3.8, 4) is 0 Å². The number of ether oxygens (including phenoxy) is 1. The molecule has 3 aliphatic heterocycles. The van der Waals surface area contributed by atoms with Crippen LogP contribution in [-0.4, -0.2) is 55.4 Å². The quantitative estimate of drug-likeness (QED) is 0.347. The number of rotatable bonds is 0. The molecular weight excluding hydrogens is 548 g/mol. The van der Waals surface area contributed by atoms with E-state index in [-0.39, 0.29) is 34.7 Å². The van der Waals surface area contributed by atoms with Crippen LogP contribution in [0.4, 0.5) is 0 Å². The Labute approximate surface area is 241 Å². The average Bonchev–Trinajstić information content (AvgIpc) is 3.65. The van der Waals surface area contributed by atoms with Crippen LogP contribution >= 0.6 is 11.6 Å². The molecule has 6 atom stereocenters. The minimum absolute atomic E-state index is 0.136. The van der Waals surface area contributed by atoms with Gasteiger partial charge in [-0.05, 0) is 104 Å². The SMILES string of the molecule is C[C@H]1C/C=C\[C@H](O)[C@@H]2CC[C@H]2CN2\C=C/C(=C\C=C3\OC3[C@]3(CCCc4cc(Cl)ccc43)C2)C(=O)NS(=O)(=O)C1. The van der Waals surface area contributed by atoms with Gasteiger partial charge in [-0.3, -0.25) is 4.79 Å². The van der Waals surface area contributed by atoms with Crippen molar-refractivity contribution in [1.82, 2.24) is 9.62 Å². The second-order valence-corrected chi connectivity index (χ2v) is 14.4. The van der Waals surface area contributed by atoms with E-state index in [1.807, 2.05) is 37.4 Å². The zero-order valence-electron chi connectivity index (χ0n) is 22.8. The highest BCUT2D eigenvalue weighted by atomic mass is 35.5. The third kappa shape index (κ3) is 5.50. The van der Waals surface area contributed by atoms with Crippen LogP contribution in [-0.2, 0) is 31.4 Å². The van der Waals surface area contributed by atoms with E-state index in [0.29, 0.717) is 18.9 Å². The maximum atomic E-state index is 13.2. The summed E-state index contributed by atoms with van der Waals surface area (Å²) in [4.78, 5) is 15.4. The number of aliphatic hydroxyl groups excluding tert-OH is 1. The number of nitrogens with one attached hydrogen (secondary N) is 1. The van der Waals surface area contributed by atoms with E-state index < -0.39 is 22.0 Å². The molecule has 2 bridgehead atoms. The molecule has 2 aliphatic carbocycles. The summed E-state index contributed by atoms with van der Waals surface area (Å²) in [7, 11) is -3.84. The summed E-state index contributed by atoms with van der Waals surface area (Å²) >= 11 is 6.38. The first-order chi connectivity index (χ1) is 19.1. The fourth-order valence-electron chi connectivity index (χ4n) is 7.07. The second-order valence-electron chi connectivity index (χ2n) is 12.2. The maximum absolute atomic E-state index is 13.2. The Morgan fingerprint density at radius 3 is 2.88 bits per heavy atom. The van der Waals surface area contributed by atoms with Gasteiger partial charge in [0.2, 0.25) is 10.0 Å². The molecule has 40 heavy (non-hydrogen) atoms. The number of carbonyl (C=O) groups is 1. The number of sulfonamides is 1. The molecule has 0 radical (unpaired) electrons. The molecule has 2 fully saturated rings. The van der Waals surface area contributed by atoms with Gasteiger partial charge in [-0.1, -0.05) is 36.7 Å². The predicted octanol–water partition coefficient (Wildman–Crippen LogP) is 4.38. The lowest BCUT2D eigenvalue weighted by Crippen LogP contribution is -2.49. The fraction of sp³-hybridized carbons (Fsp3) is 0.516. The molecule has 1 spiro atoms. The first-order valence-corrected chi connectivity index (χ1v) is 16.4. The summed E-state index contributed by atoms with van der Waals surface area (Å²) in [6.45, 7) is 3.24. The molecule has 7 nitrogen and oxygen atoms in total. The van der Waals surface area contributed by atoms with E-state index in [0.717, 1.165) is 49.4 Å². The van der Waals surface area contributed by atoms with Crippen molar-refractivity contribution in [3.63, 3.8) is 0 Å². The highest BCUT2D eigenvalue weighted by Crippen LogP contribution is 2.52. The first kappa shape index (κ1) is 27.6. The van der Waals surface area contributed by atoms with Crippen LogP contribution in [0.2, 0.25) is 5.02 Å². The molecule has 1 saturated carbocycles. The monoisotopic (exact) mass is 584 g/mol. The summed E-state index contributed by atoms with van der Waals surface area (Å²) in [5, 5.41) is 11.7. The van der Waals surface area contributed by atoms with Gasteiger partial charge in [0, 0.05) is 23.7 Å². The minimum Gasteiger partial charge on any atom is -0.482 e. The number of aryl methyl sites for hydroxylation is 1. The van der Waals surface area contributed by atoms with Crippen molar-refractivity contribution in [2.24, 2.45) is 17.8 Å². The summed E-state index contributed by atoms with van der Waals surface area (Å²) in [6.07, 6.45) is 15.5. The van der Waals surface area contributed by atoms with Crippen LogP contribution in [0.15, 0.2) is 66.1 Å². The zero-order valence-corrected chi connectivity index (χ0v) is 24.3. The molecule has 1 aromatic carbocycles. The highest BCUT2D eigenvalue weighted by Gasteiger charge is 2.55. The molecule has 0 aromatic heterocycles. The van der Waals surface area contributed by atoms with Crippen molar-refractivity contribution in [2.45, 2.75) is 63.1 Å². The molecule has 5 aliphatic rings.